The van der Waals surface area contributed by atoms with Crippen molar-refractivity contribution in [2.75, 3.05) is 0 Å². The highest BCUT2D eigenvalue weighted by molar-refractivity contribution is 9.10. The number of halogens is 1. The van der Waals surface area contributed by atoms with Gasteiger partial charge in [-0.25, -0.2) is 9.59 Å². The van der Waals surface area contributed by atoms with Crippen LogP contribution in [0, 0.1) is 11.3 Å². The molecule has 2 aromatic rings. The fraction of sp³-hybridized carbons (Fsp3) is 0. The van der Waals surface area contributed by atoms with Gasteiger partial charge in [0.05, 0.1) is 16.5 Å². The second-order valence-corrected chi connectivity index (χ2v) is 3.65. The van der Waals surface area contributed by atoms with Crippen LogP contribution in [0.25, 0.3) is 10.9 Å². The molecule has 1 aromatic carbocycles. The summed E-state index contributed by atoms with van der Waals surface area (Å²) in [7, 11) is 0. The van der Waals surface area contributed by atoms with Crippen LogP contribution in [0.3, 0.4) is 0 Å². The lowest BCUT2D eigenvalue weighted by atomic mass is 10.2. The number of nitrogens with zero attached hydrogens (tertiary/aromatic N) is 1. The van der Waals surface area contributed by atoms with Crippen molar-refractivity contribution in [3.05, 3.63) is 43.1 Å². The topological polar surface area (TPSA) is 86.9 Å². The third-order valence-electron chi connectivity index (χ3n) is 1.87. The average molecular weight is 267 g/mol. The summed E-state index contributed by atoms with van der Waals surface area (Å²) in [5.41, 5.74) is -0.0984. The van der Waals surface area contributed by atoms with E-state index in [2.05, 4.69) is 25.3 Å². The molecule has 0 aliphatic heterocycles. The summed E-state index contributed by atoms with van der Waals surface area (Å²) in [6.45, 7) is 0. The molecule has 0 unspecified atom stereocenters. The minimum atomic E-state index is -0.835. The number of hydrogen-bond acceptors (Lipinski definition) is 4. The van der Waals surface area contributed by atoms with Gasteiger partial charge in [-0.15, -0.1) is 0 Å². The molecule has 2 rings (SSSR count). The molecule has 74 valence electrons. The molecule has 1 aromatic heterocycles. The molecule has 5 nitrogen and oxygen atoms in total. The minimum absolute atomic E-state index is 0.223. The minimum Gasteiger partial charge on any atom is -0.372 e. The normalized spacial score (nSPS) is 10.1. The number of rotatable bonds is 0. The second kappa shape index (κ2) is 3.37. The Bertz CT molecular complexity index is 693. The van der Waals surface area contributed by atoms with Gasteiger partial charge in [0.25, 0.3) is 0 Å². The first-order valence-corrected chi connectivity index (χ1v) is 4.68. The Morgan fingerprint density at radius 2 is 2.13 bits per heavy atom. The van der Waals surface area contributed by atoms with Crippen LogP contribution < -0.4 is 11.4 Å². The standard InChI is InChI=1S/C9H3BrN2O3/c10-6-2-5-7(1-4(6)3-11)12-9(14)15-8(5)13/h1-2H,(H,12,14). The lowest BCUT2D eigenvalue weighted by molar-refractivity contribution is 0.460. The molecule has 0 saturated carbocycles. The maximum absolute atomic E-state index is 11.3. The first-order valence-electron chi connectivity index (χ1n) is 3.88. The van der Waals surface area contributed by atoms with Crippen LogP contribution in [0.4, 0.5) is 0 Å². The molecular formula is C9H3BrN2O3. The zero-order chi connectivity index (χ0) is 11.0. The highest BCUT2D eigenvalue weighted by Gasteiger charge is 2.07. The van der Waals surface area contributed by atoms with E-state index in [9.17, 15) is 9.59 Å². The van der Waals surface area contributed by atoms with Crippen molar-refractivity contribution in [2.45, 2.75) is 0 Å². The molecule has 0 amide bonds. The van der Waals surface area contributed by atoms with Crippen LogP contribution >= 0.6 is 15.9 Å². The van der Waals surface area contributed by atoms with Crippen LogP contribution in [0.15, 0.2) is 30.6 Å². The van der Waals surface area contributed by atoms with Crippen molar-refractivity contribution in [3.8, 4) is 6.07 Å². The van der Waals surface area contributed by atoms with Gasteiger partial charge in [-0.3, -0.25) is 4.98 Å². The Kier molecular flexibility index (Phi) is 2.17. The van der Waals surface area contributed by atoms with E-state index >= 15 is 0 Å². The molecule has 0 aliphatic carbocycles. The summed E-state index contributed by atoms with van der Waals surface area (Å²) in [5, 5.41) is 8.97. The predicted molar refractivity (Wildman–Crippen MR) is 55.5 cm³/mol. The number of aromatic nitrogens is 1. The fourth-order valence-corrected chi connectivity index (χ4v) is 1.64. The summed E-state index contributed by atoms with van der Waals surface area (Å²) in [5.74, 6) is -0.835. The van der Waals surface area contributed by atoms with Crippen LogP contribution in [0.1, 0.15) is 5.56 Å². The van der Waals surface area contributed by atoms with Gasteiger partial charge in [-0.2, -0.15) is 5.26 Å². The van der Waals surface area contributed by atoms with Crippen LogP contribution in [0.5, 0.6) is 0 Å². The van der Waals surface area contributed by atoms with Crippen LogP contribution in [-0.4, -0.2) is 4.98 Å². The monoisotopic (exact) mass is 266 g/mol. The van der Waals surface area contributed by atoms with Gasteiger partial charge in [0.2, 0.25) is 0 Å². The summed E-state index contributed by atoms with van der Waals surface area (Å²) in [4.78, 5) is 24.5. The Morgan fingerprint density at radius 1 is 1.40 bits per heavy atom. The van der Waals surface area contributed by atoms with Gasteiger partial charge >= 0.3 is 11.4 Å². The van der Waals surface area contributed by atoms with Gasteiger partial charge in [0.15, 0.2) is 0 Å². The summed E-state index contributed by atoms with van der Waals surface area (Å²) in [6, 6.07) is 4.78. The number of aromatic amines is 1. The maximum atomic E-state index is 11.3. The number of fused-ring (bicyclic) bond motifs is 1. The smallest absolute Gasteiger partial charge is 0.372 e. The molecule has 0 aliphatic rings. The molecule has 0 fully saturated rings. The maximum Gasteiger partial charge on any atom is 0.419 e. The van der Waals surface area contributed by atoms with Crippen molar-refractivity contribution in [1.29, 1.82) is 5.26 Å². The Morgan fingerprint density at radius 3 is 2.80 bits per heavy atom. The Balaban J connectivity index is 3.02. The van der Waals surface area contributed by atoms with Crippen LogP contribution in [-0.2, 0) is 0 Å². The molecule has 0 spiro atoms. The van der Waals surface area contributed by atoms with E-state index in [1.54, 1.807) is 0 Å². The summed E-state index contributed by atoms with van der Waals surface area (Å²) >= 11 is 3.14. The average Bonchev–Trinajstić information content (AvgIpc) is 2.18. The lowest BCUT2D eigenvalue weighted by Crippen LogP contribution is -2.14. The molecule has 0 radical (unpaired) electrons. The number of nitriles is 1. The highest BCUT2D eigenvalue weighted by atomic mass is 79.9. The van der Waals surface area contributed by atoms with Crippen molar-refractivity contribution in [2.24, 2.45) is 0 Å². The number of H-pyrrole nitrogens is 1. The molecule has 1 heterocycles. The largest absolute Gasteiger partial charge is 0.419 e. The molecule has 0 atom stereocenters. The van der Waals surface area contributed by atoms with Crippen LogP contribution in [0.2, 0.25) is 0 Å². The van der Waals surface area contributed by atoms with E-state index in [4.69, 9.17) is 5.26 Å². The Labute approximate surface area is 91.1 Å². The van der Waals surface area contributed by atoms with Gasteiger partial charge < -0.3 is 4.42 Å². The number of benzene rings is 1. The van der Waals surface area contributed by atoms with E-state index in [0.717, 1.165) is 0 Å². The molecule has 1 N–H and O–H groups in total. The number of nitrogens with one attached hydrogen (secondary N) is 1. The first kappa shape index (κ1) is 9.68. The van der Waals surface area contributed by atoms with Gasteiger partial charge in [-0.05, 0) is 28.1 Å². The quantitative estimate of drug-likeness (QED) is 0.774. The zero-order valence-electron chi connectivity index (χ0n) is 7.20. The summed E-state index contributed by atoms with van der Waals surface area (Å²) in [6.07, 6.45) is 0. The van der Waals surface area contributed by atoms with Gasteiger partial charge in [0, 0.05) is 4.47 Å². The molecular weight excluding hydrogens is 264 g/mol. The summed E-state index contributed by atoms with van der Waals surface area (Å²) < 4.78 is 4.83. The SMILES string of the molecule is N#Cc1cc2[nH]c(=O)oc(=O)c2cc1Br. The number of hydrogen-bond donors (Lipinski definition) is 1. The van der Waals surface area contributed by atoms with Gasteiger partial charge in [-0.1, -0.05) is 0 Å². The van der Waals surface area contributed by atoms with E-state index in [0.29, 0.717) is 10.0 Å². The third kappa shape index (κ3) is 1.57. The highest BCUT2D eigenvalue weighted by Crippen LogP contribution is 2.19. The lowest BCUT2D eigenvalue weighted by Gasteiger charge is -1.98. The fourth-order valence-electron chi connectivity index (χ4n) is 1.21. The zero-order valence-corrected chi connectivity index (χ0v) is 8.79. The van der Waals surface area contributed by atoms with Gasteiger partial charge in [0.1, 0.15) is 6.07 Å². The predicted octanol–water partition coefficient (Wildman–Crippen LogP) is 1.12. The van der Waals surface area contributed by atoms with E-state index in [1.807, 2.05) is 6.07 Å². The van der Waals surface area contributed by atoms with E-state index in [-0.39, 0.29) is 10.9 Å². The van der Waals surface area contributed by atoms with Crippen molar-refractivity contribution >= 4 is 26.8 Å². The van der Waals surface area contributed by atoms with E-state index in [1.165, 1.54) is 12.1 Å². The van der Waals surface area contributed by atoms with Crippen molar-refractivity contribution in [3.63, 3.8) is 0 Å². The third-order valence-corrected chi connectivity index (χ3v) is 2.53. The Hall–Kier alpha value is -1.87. The van der Waals surface area contributed by atoms with Crippen molar-refractivity contribution < 1.29 is 4.42 Å². The van der Waals surface area contributed by atoms with E-state index < -0.39 is 11.4 Å². The molecule has 6 heteroatoms. The second-order valence-electron chi connectivity index (χ2n) is 2.79. The molecule has 0 saturated heterocycles. The molecule has 0 bridgehead atoms. The first-order chi connectivity index (χ1) is 7.11. The molecule has 15 heavy (non-hydrogen) atoms. The van der Waals surface area contributed by atoms with Crippen molar-refractivity contribution in [1.82, 2.24) is 4.98 Å².